The maximum Gasteiger partial charge on any atom is 3.00 e. The van der Waals surface area contributed by atoms with Gasteiger partial charge in [-0.3, -0.25) is 0 Å². The van der Waals surface area contributed by atoms with Gasteiger partial charge in [-0.2, -0.15) is 0 Å². The standard InChI is InChI=1S/3C4H5ClO6.Al/c3*5-11-4(10)2(7)1(6)3(8)9;/h3*1-2,6-7H,(H,8,9);/q;;;+3/p-3. The van der Waals surface area contributed by atoms with Gasteiger partial charge in [0.05, 0.1) is 17.9 Å². The van der Waals surface area contributed by atoms with Crippen molar-refractivity contribution >= 4 is 88.8 Å². The summed E-state index contributed by atoms with van der Waals surface area (Å²) in [6.45, 7) is 0. The molecule has 0 aromatic rings. The topological polar surface area (TPSA) is 321 Å². The summed E-state index contributed by atoms with van der Waals surface area (Å²) >= 11 is 13.4. The third-order valence-electron chi connectivity index (χ3n) is 2.57. The zero-order chi connectivity index (χ0) is 27.0. The predicted octanol–water partition coefficient (Wildman–Crippen LogP) is -8.92. The number of aliphatic hydroxyl groups excluding tert-OH is 6. The Kier molecular flexibility index (Phi) is 23.5. The van der Waals surface area contributed by atoms with E-state index in [9.17, 15) is 44.1 Å². The van der Waals surface area contributed by atoms with E-state index < -0.39 is 72.4 Å². The van der Waals surface area contributed by atoms with Crippen LogP contribution in [-0.4, -0.2) is 120 Å². The molecule has 0 spiro atoms. The molecule has 0 aliphatic carbocycles. The first-order valence-corrected chi connectivity index (χ1v) is 8.12. The number of halogens is 3. The molecule has 34 heavy (non-hydrogen) atoms. The van der Waals surface area contributed by atoms with E-state index in [0.29, 0.717) is 0 Å². The van der Waals surface area contributed by atoms with Crippen molar-refractivity contribution in [2.45, 2.75) is 36.6 Å². The largest absolute Gasteiger partial charge is 3.00 e. The Labute approximate surface area is 213 Å². The van der Waals surface area contributed by atoms with E-state index in [1.54, 1.807) is 0 Å². The minimum atomic E-state index is -2.33. The van der Waals surface area contributed by atoms with E-state index >= 15 is 0 Å². The van der Waals surface area contributed by atoms with E-state index in [0.717, 1.165) is 0 Å². The monoisotopic (exact) mass is 576 g/mol. The summed E-state index contributed by atoms with van der Waals surface area (Å²) in [5, 5.41) is 80.2. The smallest absolute Gasteiger partial charge is 0.547 e. The van der Waals surface area contributed by atoms with E-state index in [-0.39, 0.29) is 17.4 Å². The Hall–Kier alpha value is -2.02. The van der Waals surface area contributed by atoms with Gasteiger partial charge in [-0.1, -0.05) is 0 Å². The molecule has 0 aromatic carbocycles. The van der Waals surface area contributed by atoms with Crippen LogP contribution in [0.1, 0.15) is 0 Å². The first-order chi connectivity index (χ1) is 15.0. The number of carbonyl (C=O) groups is 6. The average molecular weight is 578 g/mol. The third kappa shape index (κ3) is 15.8. The third-order valence-corrected chi connectivity index (χ3v) is 3.03. The Morgan fingerprint density at radius 2 is 0.618 bits per heavy atom. The van der Waals surface area contributed by atoms with Gasteiger partial charge in [0.15, 0.2) is 18.3 Å². The van der Waals surface area contributed by atoms with Gasteiger partial charge < -0.3 is 73.2 Å². The van der Waals surface area contributed by atoms with Gasteiger partial charge in [0.25, 0.3) is 0 Å². The number of carboxylic acids is 3. The number of carboxylic acid groups (broad SMARTS) is 3. The number of carbonyl (C=O) groups excluding carboxylic acids is 6. The Balaban J connectivity index is -0.000000196. The van der Waals surface area contributed by atoms with Crippen LogP contribution in [0, 0.1) is 0 Å². The summed E-state index contributed by atoms with van der Waals surface area (Å²) in [4.78, 5) is 60.0. The van der Waals surface area contributed by atoms with Crippen LogP contribution in [0.15, 0.2) is 0 Å². The molecule has 18 nitrogen and oxygen atoms in total. The molecular formula is C12H12AlCl3O18. The van der Waals surface area contributed by atoms with Crippen LogP contribution in [0.2, 0.25) is 0 Å². The second-order valence-corrected chi connectivity index (χ2v) is 5.28. The second-order valence-electron chi connectivity index (χ2n) is 4.81. The summed E-state index contributed by atoms with van der Waals surface area (Å²) < 4.78 is 10.2. The van der Waals surface area contributed by atoms with Gasteiger partial charge in [-0.05, 0) is 0 Å². The second kappa shape index (κ2) is 20.4. The molecule has 0 aromatic heterocycles. The molecule has 0 bridgehead atoms. The molecule has 0 fully saturated rings. The van der Waals surface area contributed by atoms with Crippen molar-refractivity contribution in [3.8, 4) is 0 Å². The molecule has 6 unspecified atom stereocenters. The molecule has 6 N–H and O–H groups in total. The SMILES string of the molecule is O=C([O-])C(O)C(O)C(=O)OCl.O=C([O-])C(O)C(O)C(=O)OCl.O=C([O-])C(O)C(O)C(=O)OCl.[Al+3]. The van der Waals surface area contributed by atoms with Crippen LogP contribution in [0.3, 0.4) is 0 Å². The Morgan fingerprint density at radius 1 is 0.471 bits per heavy atom. The zero-order valence-electron chi connectivity index (χ0n) is 15.8. The summed E-state index contributed by atoms with van der Waals surface area (Å²) in [5.74, 6) is -10.3. The van der Waals surface area contributed by atoms with Gasteiger partial charge in [0.2, 0.25) is 0 Å². The number of aliphatic carboxylic acids is 3. The molecular weight excluding hydrogens is 565 g/mol. The summed E-state index contributed by atoms with van der Waals surface area (Å²) in [7, 11) is 0. The van der Waals surface area contributed by atoms with E-state index in [1.807, 2.05) is 0 Å². The molecule has 0 heterocycles. The van der Waals surface area contributed by atoms with E-state index in [4.69, 9.17) is 30.6 Å². The van der Waals surface area contributed by atoms with Crippen LogP contribution in [0.25, 0.3) is 0 Å². The molecule has 0 rings (SSSR count). The molecule has 0 aliphatic heterocycles. The maximum absolute atomic E-state index is 10.2. The van der Waals surface area contributed by atoms with Gasteiger partial charge in [0, 0.05) is 0 Å². The van der Waals surface area contributed by atoms with Crippen molar-refractivity contribution in [2.75, 3.05) is 0 Å². The zero-order valence-corrected chi connectivity index (χ0v) is 19.2. The predicted molar refractivity (Wildman–Crippen MR) is 92.7 cm³/mol. The fourth-order valence-corrected chi connectivity index (χ4v) is 1.18. The molecule has 6 atom stereocenters. The quantitative estimate of drug-likeness (QED) is 0.138. The van der Waals surface area contributed by atoms with Gasteiger partial charge in [-0.15, -0.1) is 0 Å². The van der Waals surface area contributed by atoms with Crippen molar-refractivity contribution < 1.29 is 87.6 Å². The molecule has 22 heteroatoms. The molecule has 0 saturated carbocycles. The Morgan fingerprint density at radius 3 is 0.706 bits per heavy atom. The summed E-state index contributed by atoms with van der Waals surface area (Å²) in [6, 6.07) is 0. The minimum Gasteiger partial charge on any atom is -0.547 e. The number of hydrogen-bond donors (Lipinski definition) is 6. The van der Waals surface area contributed by atoms with Gasteiger partial charge in [-0.25, -0.2) is 14.4 Å². The molecule has 0 radical (unpaired) electrons. The number of rotatable bonds is 9. The molecule has 0 aliphatic rings. The van der Waals surface area contributed by atoms with E-state index in [2.05, 4.69) is 48.5 Å². The van der Waals surface area contributed by atoms with Gasteiger partial charge >= 0.3 is 35.3 Å². The first kappa shape index (κ1) is 39.2. The number of aliphatic hydroxyl groups is 6. The van der Waals surface area contributed by atoms with Crippen molar-refractivity contribution in [3.63, 3.8) is 0 Å². The Bertz CT molecular complexity index is 601. The van der Waals surface area contributed by atoms with Crippen LogP contribution >= 0.6 is 35.6 Å². The number of hydrogen-bond acceptors (Lipinski definition) is 18. The molecule has 0 saturated heterocycles. The minimum absolute atomic E-state index is 0. The summed E-state index contributed by atoms with van der Waals surface area (Å²) in [5.41, 5.74) is 0. The van der Waals surface area contributed by atoms with Crippen molar-refractivity contribution in [1.82, 2.24) is 0 Å². The van der Waals surface area contributed by atoms with Gasteiger partial charge in [0.1, 0.15) is 53.9 Å². The normalized spacial score (nSPS) is 14.7. The van der Waals surface area contributed by atoms with Crippen LogP contribution < -0.4 is 15.3 Å². The van der Waals surface area contributed by atoms with Crippen molar-refractivity contribution in [3.05, 3.63) is 0 Å². The maximum atomic E-state index is 10.2. The fraction of sp³-hybridized carbons (Fsp3) is 0.500. The molecule has 192 valence electrons. The van der Waals surface area contributed by atoms with Crippen LogP contribution in [0.4, 0.5) is 0 Å². The van der Waals surface area contributed by atoms with E-state index in [1.165, 1.54) is 0 Å². The fourth-order valence-electron chi connectivity index (χ4n) is 0.910. The van der Waals surface area contributed by atoms with Crippen molar-refractivity contribution in [1.29, 1.82) is 0 Å². The molecule has 0 amide bonds. The van der Waals surface area contributed by atoms with Crippen molar-refractivity contribution in [2.24, 2.45) is 0 Å². The van der Waals surface area contributed by atoms with Crippen LogP contribution in [0.5, 0.6) is 0 Å². The summed E-state index contributed by atoms with van der Waals surface area (Å²) in [6.07, 6.45) is -13.7. The van der Waals surface area contributed by atoms with Crippen LogP contribution in [-0.2, 0) is 41.6 Å². The average Bonchev–Trinajstić information content (AvgIpc) is 2.79. The first-order valence-electron chi connectivity index (χ1n) is 7.19.